The van der Waals surface area contributed by atoms with Crippen molar-refractivity contribution in [3.63, 3.8) is 0 Å². The van der Waals surface area contributed by atoms with Gasteiger partial charge in [-0.2, -0.15) is 0 Å². The Balaban J connectivity index is 0.000000531. The first kappa shape index (κ1) is 11.9. The van der Waals surface area contributed by atoms with Crippen molar-refractivity contribution < 1.29 is 0 Å². The van der Waals surface area contributed by atoms with E-state index >= 15 is 0 Å². The van der Waals surface area contributed by atoms with Gasteiger partial charge < -0.3 is 0 Å². The molecule has 2 heteroatoms. The van der Waals surface area contributed by atoms with Gasteiger partial charge in [-0.15, -0.1) is 11.3 Å². The largest absolute Gasteiger partial charge is 0.252 e. The molecule has 2 aromatic rings. The van der Waals surface area contributed by atoms with Crippen LogP contribution in [-0.4, -0.2) is 4.98 Å². The van der Waals surface area contributed by atoms with E-state index < -0.39 is 0 Å². The van der Waals surface area contributed by atoms with Gasteiger partial charge in [-0.05, 0) is 17.5 Å². The molecule has 0 spiro atoms. The van der Waals surface area contributed by atoms with Crippen LogP contribution in [-0.2, 0) is 6.42 Å². The molecule has 80 valence electrons. The van der Waals surface area contributed by atoms with Crippen molar-refractivity contribution in [2.45, 2.75) is 27.2 Å². The molecule has 0 saturated carbocycles. The van der Waals surface area contributed by atoms with E-state index in [9.17, 15) is 0 Å². The average molecular weight is 219 g/mol. The van der Waals surface area contributed by atoms with E-state index in [1.807, 2.05) is 25.6 Å². The zero-order valence-corrected chi connectivity index (χ0v) is 10.3. The molecule has 1 aromatic heterocycles. The lowest BCUT2D eigenvalue weighted by Gasteiger charge is -1.98. The highest BCUT2D eigenvalue weighted by Crippen LogP contribution is 2.23. The third-order valence-corrected chi connectivity index (χ3v) is 2.90. The van der Waals surface area contributed by atoms with Crippen LogP contribution in [0.1, 0.15) is 26.3 Å². The molecule has 0 fully saturated rings. The fraction of sp³-hybridized carbons (Fsp3) is 0.308. The Morgan fingerprint density at radius 3 is 2.27 bits per heavy atom. The first-order valence-electron chi connectivity index (χ1n) is 5.38. The predicted molar refractivity (Wildman–Crippen MR) is 68.3 cm³/mol. The highest BCUT2D eigenvalue weighted by molar-refractivity contribution is 7.13. The minimum atomic E-state index is 1.10. The summed E-state index contributed by atoms with van der Waals surface area (Å²) in [5.74, 6) is 0. The van der Waals surface area contributed by atoms with Crippen molar-refractivity contribution in [1.29, 1.82) is 0 Å². The highest BCUT2D eigenvalue weighted by atomic mass is 32.1. The van der Waals surface area contributed by atoms with Gasteiger partial charge in [-0.3, -0.25) is 4.98 Å². The number of aromatic nitrogens is 1. The summed E-state index contributed by atoms with van der Waals surface area (Å²) in [6, 6.07) is 8.67. The smallest absolute Gasteiger partial charge is 0.0797 e. The molecule has 0 bridgehead atoms. The van der Waals surface area contributed by atoms with Crippen LogP contribution in [0.25, 0.3) is 10.4 Å². The van der Waals surface area contributed by atoms with E-state index in [-0.39, 0.29) is 0 Å². The standard InChI is InChI=1S/C11H11NS.C2H6/c1-2-9-3-5-10(6-4-9)11-7-12-8-13-11;1-2/h3-8H,2H2,1H3;1-2H3. The second-order valence-electron chi connectivity index (χ2n) is 2.92. The number of hydrogen-bond donors (Lipinski definition) is 0. The van der Waals surface area contributed by atoms with Gasteiger partial charge in [0.05, 0.1) is 10.4 Å². The van der Waals surface area contributed by atoms with Gasteiger partial charge in [0.25, 0.3) is 0 Å². The van der Waals surface area contributed by atoms with E-state index in [2.05, 4.69) is 36.2 Å². The topological polar surface area (TPSA) is 12.9 Å². The van der Waals surface area contributed by atoms with Crippen molar-refractivity contribution in [2.24, 2.45) is 0 Å². The summed E-state index contributed by atoms with van der Waals surface area (Å²) in [5, 5.41) is 0. The summed E-state index contributed by atoms with van der Waals surface area (Å²) in [7, 11) is 0. The molecule has 1 nitrogen and oxygen atoms in total. The minimum Gasteiger partial charge on any atom is -0.252 e. The summed E-state index contributed by atoms with van der Waals surface area (Å²) >= 11 is 1.68. The Morgan fingerprint density at radius 2 is 1.80 bits per heavy atom. The molecule has 0 atom stereocenters. The Hall–Kier alpha value is -1.15. The maximum atomic E-state index is 4.06. The van der Waals surface area contributed by atoms with Gasteiger partial charge >= 0.3 is 0 Å². The zero-order valence-electron chi connectivity index (χ0n) is 9.53. The fourth-order valence-electron chi connectivity index (χ4n) is 1.26. The number of aryl methyl sites for hydroxylation is 1. The molecule has 0 amide bonds. The summed E-state index contributed by atoms with van der Waals surface area (Å²) in [6.07, 6.45) is 3.01. The molecule has 1 heterocycles. The number of hydrogen-bond acceptors (Lipinski definition) is 2. The molecule has 0 aliphatic rings. The molecule has 0 aliphatic heterocycles. The summed E-state index contributed by atoms with van der Waals surface area (Å²) in [4.78, 5) is 5.30. The van der Waals surface area contributed by atoms with Crippen molar-refractivity contribution in [3.05, 3.63) is 41.5 Å². The van der Waals surface area contributed by atoms with E-state index in [1.165, 1.54) is 16.0 Å². The zero-order chi connectivity index (χ0) is 11.1. The normalized spacial score (nSPS) is 9.27. The molecular formula is C13H17NS. The summed E-state index contributed by atoms with van der Waals surface area (Å²) in [6.45, 7) is 6.17. The Morgan fingerprint density at radius 1 is 1.13 bits per heavy atom. The first-order valence-corrected chi connectivity index (χ1v) is 6.26. The van der Waals surface area contributed by atoms with Gasteiger partial charge in [0.1, 0.15) is 0 Å². The lowest BCUT2D eigenvalue weighted by atomic mass is 10.1. The molecule has 1 aromatic carbocycles. The SMILES string of the molecule is CC.CCc1ccc(-c2cncs2)cc1. The van der Waals surface area contributed by atoms with Crippen molar-refractivity contribution in [2.75, 3.05) is 0 Å². The van der Waals surface area contributed by atoms with Gasteiger partial charge in [0, 0.05) is 6.20 Å². The summed E-state index contributed by atoms with van der Waals surface area (Å²) < 4.78 is 0. The van der Waals surface area contributed by atoms with Crippen LogP contribution in [0.15, 0.2) is 36.0 Å². The summed E-state index contributed by atoms with van der Waals surface area (Å²) in [5.41, 5.74) is 4.51. The number of thiazole rings is 1. The molecule has 0 N–H and O–H groups in total. The second-order valence-corrected chi connectivity index (χ2v) is 3.80. The number of rotatable bonds is 2. The lowest BCUT2D eigenvalue weighted by Crippen LogP contribution is -1.78. The average Bonchev–Trinajstić information content (AvgIpc) is 2.85. The van der Waals surface area contributed by atoms with Crippen LogP contribution in [0.4, 0.5) is 0 Å². The van der Waals surface area contributed by atoms with Crippen LogP contribution in [0, 0.1) is 0 Å². The fourth-order valence-corrected chi connectivity index (χ4v) is 1.89. The van der Waals surface area contributed by atoms with Crippen LogP contribution < -0.4 is 0 Å². The van der Waals surface area contributed by atoms with Crippen LogP contribution in [0.5, 0.6) is 0 Å². The van der Waals surface area contributed by atoms with E-state index in [0.29, 0.717) is 0 Å². The van der Waals surface area contributed by atoms with E-state index in [0.717, 1.165) is 6.42 Å². The first-order chi connectivity index (χ1) is 7.40. The third kappa shape index (κ3) is 3.17. The van der Waals surface area contributed by atoms with Crippen LogP contribution in [0.2, 0.25) is 0 Å². The van der Waals surface area contributed by atoms with Crippen molar-refractivity contribution in [3.8, 4) is 10.4 Å². The van der Waals surface area contributed by atoms with Crippen molar-refractivity contribution >= 4 is 11.3 Å². The Bertz CT molecular complexity index is 362. The minimum absolute atomic E-state index is 1.10. The highest BCUT2D eigenvalue weighted by Gasteiger charge is 1.97. The van der Waals surface area contributed by atoms with Crippen LogP contribution >= 0.6 is 11.3 Å². The molecule has 2 rings (SSSR count). The monoisotopic (exact) mass is 219 g/mol. The number of nitrogens with zero attached hydrogens (tertiary/aromatic N) is 1. The number of benzene rings is 1. The van der Waals surface area contributed by atoms with Crippen molar-refractivity contribution in [1.82, 2.24) is 4.98 Å². The molecular weight excluding hydrogens is 202 g/mol. The van der Waals surface area contributed by atoms with Gasteiger partial charge in [0.2, 0.25) is 0 Å². The third-order valence-electron chi connectivity index (χ3n) is 2.08. The Kier molecular flexibility index (Phi) is 5.05. The van der Waals surface area contributed by atoms with E-state index in [4.69, 9.17) is 0 Å². The molecule has 0 saturated heterocycles. The Labute approximate surface area is 95.8 Å². The maximum absolute atomic E-state index is 4.06. The quantitative estimate of drug-likeness (QED) is 0.729. The molecule has 0 aliphatic carbocycles. The van der Waals surface area contributed by atoms with E-state index in [1.54, 1.807) is 11.3 Å². The van der Waals surface area contributed by atoms with Gasteiger partial charge in [0.15, 0.2) is 0 Å². The predicted octanol–water partition coefficient (Wildman–Crippen LogP) is 4.40. The van der Waals surface area contributed by atoms with Crippen LogP contribution in [0.3, 0.4) is 0 Å². The van der Waals surface area contributed by atoms with Gasteiger partial charge in [-0.1, -0.05) is 45.0 Å². The maximum Gasteiger partial charge on any atom is 0.0797 e. The molecule has 0 unspecified atom stereocenters. The lowest BCUT2D eigenvalue weighted by molar-refractivity contribution is 1.14. The van der Waals surface area contributed by atoms with Gasteiger partial charge in [-0.25, -0.2) is 0 Å². The molecule has 15 heavy (non-hydrogen) atoms. The molecule has 0 radical (unpaired) electrons. The second kappa shape index (κ2) is 6.36.